The van der Waals surface area contributed by atoms with Gasteiger partial charge in [-0.05, 0) is 144 Å². The molecule has 1 aromatic heterocycles. The van der Waals surface area contributed by atoms with Crippen molar-refractivity contribution in [1.29, 1.82) is 0 Å². The average molecular weight is 657 g/mol. The number of benzene rings is 6. The summed E-state index contributed by atoms with van der Waals surface area (Å²) in [6.07, 6.45) is 7.99. The summed E-state index contributed by atoms with van der Waals surface area (Å²) < 4.78 is 2.43. The lowest BCUT2D eigenvalue weighted by Crippen LogP contribution is -2.34. The van der Waals surface area contributed by atoms with Crippen LogP contribution in [0.4, 0.5) is 17.1 Å². The Morgan fingerprint density at radius 2 is 1.35 bits per heavy atom. The fourth-order valence-corrected chi connectivity index (χ4v) is 12.4. The van der Waals surface area contributed by atoms with Crippen molar-refractivity contribution in [3.8, 4) is 5.69 Å². The highest BCUT2D eigenvalue weighted by atomic mass is 15.1. The normalized spacial score (nSPS) is 25.2. The topological polar surface area (TPSA) is 8.17 Å². The molecule has 0 amide bonds. The molecule has 246 valence electrons. The van der Waals surface area contributed by atoms with Gasteiger partial charge in [-0.2, -0.15) is 0 Å². The Hall–Kier alpha value is -5.34. The molecule has 2 heteroatoms. The molecule has 51 heavy (non-hydrogen) atoms. The predicted octanol–water partition coefficient (Wildman–Crippen LogP) is 12.6. The van der Waals surface area contributed by atoms with Gasteiger partial charge in [0.15, 0.2) is 0 Å². The number of hydrogen-bond donors (Lipinski definition) is 0. The highest BCUT2D eigenvalue weighted by Gasteiger charge is 2.69. The monoisotopic (exact) mass is 656 g/mol. The zero-order chi connectivity index (χ0) is 33.3. The molecule has 0 saturated heterocycles. The lowest BCUT2D eigenvalue weighted by atomic mass is 9.64. The Kier molecular flexibility index (Phi) is 5.76. The maximum atomic E-state index is 2.62. The molecule has 1 spiro atoms. The number of para-hydroxylation sites is 3. The highest BCUT2D eigenvalue weighted by molar-refractivity contribution is 6.10. The van der Waals surface area contributed by atoms with Crippen molar-refractivity contribution in [3.05, 3.63) is 173 Å². The molecule has 0 bridgehead atoms. The first-order chi connectivity index (χ1) is 25.3. The molecule has 0 radical (unpaired) electrons. The minimum atomic E-state index is -0.0286. The first-order valence-corrected chi connectivity index (χ1v) is 19.2. The number of hydrogen-bond acceptors (Lipinski definition) is 1. The van der Waals surface area contributed by atoms with Crippen molar-refractivity contribution in [2.45, 2.75) is 49.9 Å². The molecule has 5 aliphatic rings. The van der Waals surface area contributed by atoms with E-state index < -0.39 is 0 Å². The second-order valence-electron chi connectivity index (χ2n) is 15.8. The fraction of sp³-hybridized carbons (Fsp3) is 0.224. The Bertz CT molecular complexity index is 2570. The van der Waals surface area contributed by atoms with Crippen LogP contribution in [0.2, 0.25) is 0 Å². The summed E-state index contributed by atoms with van der Waals surface area (Å²) in [5.41, 5.74) is 17.4. The first kappa shape index (κ1) is 28.4. The second-order valence-corrected chi connectivity index (χ2v) is 15.8. The predicted molar refractivity (Wildman–Crippen MR) is 211 cm³/mol. The minimum Gasteiger partial charge on any atom is -0.310 e. The quantitative estimate of drug-likeness (QED) is 0.183. The van der Waals surface area contributed by atoms with Crippen molar-refractivity contribution in [3.63, 3.8) is 0 Å². The standard InChI is InChI=1S/C49H40N2/c1-3-14-31(15-4-1)50(33-28-29-44-41(30-33)35-19-8-10-26-43(35)51(44)32-16-5-2-6-17-32)45-27-13-24-40-39-23-12-22-38-37-21-11-20-36-34-18-7-9-25-42(34)49(46(36)37,47(38)39)48(40)45/h1-10,13-19,24-30,37-39,47H,11-12,20-23H2. The molecule has 0 aliphatic heterocycles. The zero-order valence-corrected chi connectivity index (χ0v) is 28.8. The second kappa shape index (κ2) is 10.4. The van der Waals surface area contributed by atoms with E-state index in [1.54, 1.807) is 27.8 Å². The van der Waals surface area contributed by atoms with E-state index in [9.17, 15) is 0 Å². The first-order valence-electron chi connectivity index (χ1n) is 19.2. The third kappa shape index (κ3) is 3.53. The van der Waals surface area contributed by atoms with Gasteiger partial charge in [0.2, 0.25) is 0 Å². The van der Waals surface area contributed by atoms with Gasteiger partial charge >= 0.3 is 0 Å². The number of allylic oxidation sites excluding steroid dienone is 2. The largest absolute Gasteiger partial charge is 0.310 e. The van der Waals surface area contributed by atoms with E-state index in [0.717, 1.165) is 11.8 Å². The van der Waals surface area contributed by atoms with Crippen molar-refractivity contribution in [2.75, 3.05) is 4.90 Å². The molecule has 6 aromatic carbocycles. The maximum Gasteiger partial charge on any atom is 0.0542 e. The van der Waals surface area contributed by atoms with E-state index in [1.807, 2.05) is 5.57 Å². The van der Waals surface area contributed by atoms with E-state index in [-0.39, 0.29) is 5.41 Å². The van der Waals surface area contributed by atoms with Gasteiger partial charge in [0.25, 0.3) is 0 Å². The number of aromatic nitrogens is 1. The van der Waals surface area contributed by atoms with E-state index >= 15 is 0 Å². The SMILES string of the molecule is c1ccc(N(c2ccc3c(c2)c2ccccc2n3-c2ccccc2)c2cccc3c2C24C5=C(CCCC5C5CCCC3C52)c2ccccc24)cc1. The lowest BCUT2D eigenvalue weighted by molar-refractivity contribution is 0.180. The van der Waals surface area contributed by atoms with Gasteiger partial charge in [-0.3, -0.25) is 0 Å². The Balaban J connectivity index is 1.15. The van der Waals surface area contributed by atoms with Crippen molar-refractivity contribution in [1.82, 2.24) is 4.57 Å². The molecule has 1 heterocycles. The van der Waals surface area contributed by atoms with Crippen LogP contribution in [0.3, 0.4) is 0 Å². The summed E-state index contributed by atoms with van der Waals surface area (Å²) in [5.74, 6) is 2.78. The van der Waals surface area contributed by atoms with Crippen LogP contribution in [0.15, 0.2) is 151 Å². The van der Waals surface area contributed by atoms with E-state index in [0.29, 0.717) is 11.8 Å². The molecule has 2 saturated carbocycles. The van der Waals surface area contributed by atoms with Crippen LogP contribution in [0.5, 0.6) is 0 Å². The summed E-state index contributed by atoms with van der Waals surface area (Å²) in [7, 11) is 0. The molecular formula is C49H40N2. The van der Waals surface area contributed by atoms with Gasteiger partial charge in [0, 0.05) is 33.2 Å². The van der Waals surface area contributed by atoms with Gasteiger partial charge in [0.1, 0.15) is 0 Å². The zero-order valence-electron chi connectivity index (χ0n) is 28.8. The molecule has 2 nitrogen and oxygen atoms in total. The number of fused-ring (bicyclic) bond motifs is 8. The number of rotatable bonds is 4. The molecule has 5 unspecified atom stereocenters. The van der Waals surface area contributed by atoms with E-state index in [4.69, 9.17) is 0 Å². The van der Waals surface area contributed by atoms with Crippen molar-refractivity contribution < 1.29 is 0 Å². The van der Waals surface area contributed by atoms with Crippen LogP contribution < -0.4 is 4.90 Å². The molecular weight excluding hydrogens is 617 g/mol. The summed E-state index contributed by atoms with van der Waals surface area (Å²) in [5, 5.41) is 2.58. The van der Waals surface area contributed by atoms with Crippen LogP contribution >= 0.6 is 0 Å². The minimum absolute atomic E-state index is 0.0286. The fourth-order valence-electron chi connectivity index (χ4n) is 12.4. The molecule has 5 atom stereocenters. The van der Waals surface area contributed by atoms with Crippen LogP contribution in [0.1, 0.15) is 66.7 Å². The van der Waals surface area contributed by atoms with Crippen LogP contribution in [-0.2, 0) is 5.41 Å². The lowest BCUT2D eigenvalue weighted by Gasteiger charge is -2.39. The molecule has 7 aromatic rings. The van der Waals surface area contributed by atoms with Crippen molar-refractivity contribution >= 4 is 44.4 Å². The van der Waals surface area contributed by atoms with Gasteiger partial charge < -0.3 is 9.47 Å². The number of anilines is 3. The summed E-state index contributed by atoms with van der Waals surface area (Å²) in [6, 6.07) is 55.1. The van der Waals surface area contributed by atoms with Crippen LogP contribution in [-0.4, -0.2) is 4.57 Å². The van der Waals surface area contributed by atoms with Gasteiger partial charge in [-0.1, -0.05) is 97.4 Å². The van der Waals surface area contributed by atoms with Crippen LogP contribution in [0.25, 0.3) is 33.1 Å². The van der Waals surface area contributed by atoms with Gasteiger partial charge in [-0.15, -0.1) is 0 Å². The third-order valence-corrected chi connectivity index (χ3v) is 13.8. The van der Waals surface area contributed by atoms with Gasteiger partial charge in [0.05, 0.1) is 16.7 Å². The number of nitrogens with zero attached hydrogens (tertiary/aromatic N) is 2. The Morgan fingerprint density at radius 1 is 0.588 bits per heavy atom. The summed E-state index contributed by atoms with van der Waals surface area (Å²) in [6.45, 7) is 0. The van der Waals surface area contributed by atoms with E-state index in [1.165, 1.54) is 83.1 Å². The van der Waals surface area contributed by atoms with E-state index in [2.05, 4.69) is 155 Å². The average Bonchev–Trinajstić information content (AvgIpc) is 3.89. The van der Waals surface area contributed by atoms with Crippen LogP contribution in [0, 0.1) is 17.8 Å². The summed E-state index contributed by atoms with van der Waals surface area (Å²) >= 11 is 0. The Labute approximate surface area is 299 Å². The maximum absolute atomic E-state index is 2.62. The highest BCUT2D eigenvalue weighted by Crippen LogP contribution is 2.77. The molecule has 0 N–H and O–H groups in total. The molecule has 5 aliphatic carbocycles. The van der Waals surface area contributed by atoms with Gasteiger partial charge in [-0.25, -0.2) is 0 Å². The smallest absolute Gasteiger partial charge is 0.0542 e. The summed E-state index contributed by atoms with van der Waals surface area (Å²) in [4.78, 5) is 2.62. The molecule has 2 fully saturated rings. The Morgan fingerprint density at radius 3 is 2.25 bits per heavy atom. The molecule has 12 rings (SSSR count). The van der Waals surface area contributed by atoms with Crippen molar-refractivity contribution in [2.24, 2.45) is 17.8 Å². The third-order valence-electron chi connectivity index (χ3n) is 13.8.